The third-order valence-corrected chi connectivity index (χ3v) is 7.58. The minimum Gasteiger partial charge on any atom is -0.348 e. The van der Waals surface area contributed by atoms with Gasteiger partial charge in [0.05, 0.1) is 6.04 Å². The van der Waals surface area contributed by atoms with E-state index in [0.29, 0.717) is 15.7 Å². The van der Waals surface area contributed by atoms with Gasteiger partial charge in [0.2, 0.25) is 11.8 Å². The molecule has 4 aromatic carbocycles. The Kier molecular flexibility index (Phi) is 4.91. The highest BCUT2D eigenvalue weighted by molar-refractivity contribution is 6.31. The van der Waals surface area contributed by atoms with Gasteiger partial charge in [-0.1, -0.05) is 77.8 Å². The SMILES string of the molecule is O=C1C[C@@H](c2cccc(Cl)c2)[C@]2(C(=O)Nc3cc(Cl)ccc32)[C@@H](c2ccc3ccccc3c2)N1. The Balaban J connectivity index is 1.64. The lowest BCUT2D eigenvalue weighted by atomic mass is 9.59. The summed E-state index contributed by atoms with van der Waals surface area (Å²) >= 11 is 12.6. The fraction of sp³-hybridized carbons (Fsp3) is 0.143. The molecule has 0 unspecified atom stereocenters. The molecule has 6 rings (SSSR count). The molecule has 2 aliphatic heterocycles. The number of rotatable bonds is 2. The molecule has 0 aliphatic carbocycles. The summed E-state index contributed by atoms with van der Waals surface area (Å²) < 4.78 is 0. The van der Waals surface area contributed by atoms with Crippen LogP contribution < -0.4 is 10.6 Å². The maximum atomic E-state index is 14.0. The third kappa shape index (κ3) is 3.13. The predicted octanol–water partition coefficient (Wildman–Crippen LogP) is 6.38. The molecule has 34 heavy (non-hydrogen) atoms. The molecule has 2 amide bonds. The zero-order chi connectivity index (χ0) is 23.4. The first-order chi connectivity index (χ1) is 16.5. The number of carbonyl (C=O) groups is 2. The molecule has 1 saturated heterocycles. The van der Waals surface area contributed by atoms with Crippen LogP contribution in [0.15, 0.2) is 84.9 Å². The van der Waals surface area contributed by atoms with Crippen molar-refractivity contribution in [1.29, 1.82) is 0 Å². The Labute approximate surface area is 206 Å². The van der Waals surface area contributed by atoms with Crippen molar-refractivity contribution in [3.63, 3.8) is 0 Å². The summed E-state index contributed by atoms with van der Waals surface area (Å²) in [6, 6.07) is 26.5. The molecule has 0 bridgehead atoms. The number of halogens is 2. The van der Waals surface area contributed by atoms with Crippen molar-refractivity contribution in [1.82, 2.24) is 5.32 Å². The van der Waals surface area contributed by atoms with Crippen molar-refractivity contribution < 1.29 is 9.59 Å². The summed E-state index contributed by atoms with van der Waals surface area (Å²) in [6.07, 6.45) is 0.167. The zero-order valence-electron chi connectivity index (χ0n) is 18.0. The molecule has 0 aromatic heterocycles. The molecule has 0 saturated carbocycles. The lowest BCUT2D eigenvalue weighted by Crippen LogP contribution is -2.56. The van der Waals surface area contributed by atoms with E-state index in [-0.39, 0.29) is 18.2 Å². The predicted molar refractivity (Wildman–Crippen MR) is 135 cm³/mol. The third-order valence-electron chi connectivity index (χ3n) is 7.11. The quantitative estimate of drug-likeness (QED) is 0.345. The molecule has 2 aliphatic rings. The topological polar surface area (TPSA) is 58.2 Å². The van der Waals surface area contributed by atoms with E-state index >= 15 is 0 Å². The summed E-state index contributed by atoms with van der Waals surface area (Å²) in [6.45, 7) is 0. The highest BCUT2D eigenvalue weighted by Crippen LogP contribution is 2.57. The smallest absolute Gasteiger partial charge is 0.238 e. The van der Waals surface area contributed by atoms with Crippen LogP contribution in [0, 0.1) is 0 Å². The van der Waals surface area contributed by atoms with Gasteiger partial charge >= 0.3 is 0 Å². The Bertz CT molecular complexity index is 1480. The van der Waals surface area contributed by atoms with Crippen molar-refractivity contribution in [2.24, 2.45) is 0 Å². The van der Waals surface area contributed by atoms with Gasteiger partial charge in [0.15, 0.2) is 0 Å². The molecule has 1 spiro atoms. The fourth-order valence-corrected chi connectivity index (χ4v) is 6.05. The zero-order valence-corrected chi connectivity index (χ0v) is 19.5. The van der Waals surface area contributed by atoms with Gasteiger partial charge in [-0.3, -0.25) is 9.59 Å². The summed E-state index contributed by atoms with van der Waals surface area (Å²) in [5.74, 6) is -0.685. The van der Waals surface area contributed by atoms with Crippen LogP contribution in [-0.2, 0) is 15.0 Å². The van der Waals surface area contributed by atoms with E-state index in [4.69, 9.17) is 23.2 Å². The van der Waals surface area contributed by atoms with Gasteiger partial charge in [-0.05, 0) is 57.8 Å². The van der Waals surface area contributed by atoms with Crippen molar-refractivity contribution in [2.75, 3.05) is 5.32 Å². The van der Waals surface area contributed by atoms with E-state index in [1.807, 2.05) is 60.7 Å². The minimum atomic E-state index is -1.07. The number of anilines is 1. The number of benzene rings is 4. The molecule has 2 heterocycles. The Morgan fingerprint density at radius 1 is 0.765 bits per heavy atom. The number of carbonyl (C=O) groups excluding carboxylic acids is 2. The summed E-state index contributed by atoms with van der Waals surface area (Å²) in [5.41, 5.74) is 2.15. The van der Waals surface area contributed by atoms with E-state index in [1.54, 1.807) is 18.2 Å². The maximum Gasteiger partial charge on any atom is 0.238 e. The van der Waals surface area contributed by atoms with Crippen molar-refractivity contribution in [3.8, 4) is 0 Å². The number of hydrogen-bond acceptors (Lipinski definition) is 2. The minimum absolute atomic E-state index is 0.107. The molecule has 168 valence electrons. The molecule has 1 fully saturated rings. The standard InChI is InChI=1S/C28H20Cl2N2O2/c29-20-7-3-6-18(13-20)23-15-25(33)32-26(19-9-8-16-4-1-2-5-17(16)12-19)28(23)22-11-10-21(30)14-24(22)31-27(28)34/h1-14,23,26H,15H2,(H,31,34)(H,32,33)/t23-,26+,28-/m0/s1. The molecular formula is C28H20Cl2N2O2. The molecule has 2 N–H and O–H groups in total. The van der Waals surface area contributed by atoms with Crippen LogP contribution in [0.1, 0.15) is 35.1 Å². The van der Waals surface area contributed by atoms with E-state index < -0.39 is 17.4 Å². The molecule has 3 atom stereocenters. The highest BCUT2D eigenvalue weighted by atomic mass is 35.5. The lowest BCUT2D eigenvalue weighted by molar-refractivity contribution is -0.131. The normalized spacial score (nSPS) is 23.6. The molecule has 4 aromatic rings. The number of fused-ring (bicyclic) bond motifs is 3. The van der Waals surface area contributed by atoms with Gasteiger partial charge in [0.1, 0.15) is 5.41 Å². The van der Waals surface area contributed by atoms with Gasteiger partial charge in [-0.2, -0.15) is 0 Å². The Morgan fingerprint density at radius 2 is 1.56 bits per heavy atom. The molecule has 0 radical (unpaired) electrons. The summed E-state index contributed by atoms with van der Waals surface area (Å²) in [4.78, 5) is 27.1. The average molecular weight is 487 g/mol. The molecule has 6 heteroatoms. The summed E-state index contributed by atoms with van der Waals surface area (Å²) in [5, 5.41) is 9.47. The van der Waals surface area contributed by atoms with Gasteiger partial charge < -0.3 is 10.6 Å². The second-order valence-electron chi connectivity index (χ2n) is 8.93. The van der Waals surface area contributed by atoms with Crippen LogP contribution in [0.3, 0.4) is 0 Å². The van der Waals surface area contributed by atoms with Crippen LogP contribution in [-0.4, -0.2) is 11.8 Å². The van der Waals surface area contributed by atoms with Crippen molar-refractivity contribution in [3.05, 3.63) is 112 Å². The fourth-order valence-electron chi connectivity index (χ4n) is 5.68. The molecular weight excluding hydrogens is 467 g/mol. The monoisotopic (exact) mass is 486 g/mol. The van der Waals surface area contributed by atoms with Crippen LogP contribution in [0.4, 0.5) is 5.69 Å². The first-order valence-corrected chi connectivity index (χ1v) is 11.9. The summed E-state index contributed by atoms with van der Waals surface area (Å²) in [7, 11) is 0. The van der Waals surface area contributed by atoms with Crippen LogP contribution in [0.25, 0.3) is 10.8 Å². The van der Waals surface area contributed by atoms with Crippen molar-refractivity contribution >= 4 is 51.5 Å². The average Bonchev–Trinajstić information content (AvgIpc) is 3.11. The Morgan fingerprint density at radius 3 is 2.38 bits per heavy atom. The number of amides is 2. The largest absolute Gasteiger partial charge is 0.348 e. The van der Waals surface area contributed by atoms with Crippen LogP contribution >= 0.6 is 23.2 Å². The first-order valence-electron chi connectivity index (χ1n) is 11.1. The van der Waals surface area contributed by atoms with E-state index in [2.05, 4.69) is 16.7 Å². The van der Waals surface area contributed by atoms with Crippen LogP contribution in [0.2, 0.25) is 10.0 Å². The van der Waals surface area contributed by atoms with Gasteiger partial charge in [0, 0.05) is 28.1 Å². The van der Waals surface area contributed by atoms with E-state index in [9.17, 15) is 9.59 Å². The second kappa shape index (κ2) is 7.86. The maximum absolute atomic E-state index is 14.0. The van der Waals surface area contributed by atoms with Crippen molar-refractivity contribution in [2.45, 2.75) is 23.8 Å². The van der Waals surface area contributed by atoms with E-state index in [1.165, 1.54) is 0 Å². The Hall–Kier alpha value is -3.34. The number of nitrogens with one attached hydrogen (secondary N) is 2. The highest BCUT2D eigenvalue weighted by Gasteiger charge is 2.61. The lowest BCUT2D eigenvalue weighted by Gasteiger charge is -2.46. The van der Waals surface area contributed by atoms with Gasteiger partial charge in [0.25, 0.3) is 0 Å². The molecule has 4 nitrogen and oxygen atoms in total. The first kappa shape index (κ1) is 21.2. The van der Waals surface area contributed by atoms with Gasteiger partial charge in [-0.25, -0.2) is 0 Å². The number of hydrogen-bond donors (Lipinski definition) is 2. The van der Waals surface area contributed by atoms with Crippen LogP contribution in [0.5, 0.6) is 0 Å². The van der Waals surface area contributed by atoms with Gasteiger partial charge in [-0.15, -0.1) is 0 Å². The number of piperidine rings is 1. The second-order valence-corrected chi connectivity index (χ2v) is 9.80. The van der Waals surface area contributed by atoms with E-state index in [0.717, 1.165) is 27.5 Å².